The van der Waals surface area contributed by atoms with E-state index in [0.717, 1.165) is 0 Å². The Morgan fingerprint density at radius 1 is 1.21 bits per heavy atom. The molecule has 0 aliphatic carbocycles. The summed E-state index contributed by atoms with van der Waals surface area (Å²) in [5.41, 5.74) is 0.340. The highest BCUT2D eigenvalue weighted by atomic mass is 35.5. The van der Waals surface area contributed by atoms with Gasteiger partial charge in [0.15, 0.2) is 0 Å². The normalized spacial score (nSPS) is 9.95. The number of carbonyl (C=O) groups excluding carboxylic acids is 1. The molecule has 0 radical (unpaired) electrons. The lowest BCUT2D eigenvalue weighted by atomic mass is 10.1. The molecule has 1 aromatic carbocycles. The molecule has 0 atom stereocenters. The van der Waals surface area contributed by atoms with Crippen LogP contribution >= 0.6 is 11.6 Å². The van der Waals surface area contributed by atoms with Gasteiger partial charge in [0.05, 0.1) is 11.3 Å². The number of carboxylic acid groups (broad SMARTS) is 1. The zero-order valence-electron chi connectivity index (χ0n) is 9.63. The lowest BCUT2D eigenvalue weighted by Crippen LogP contribution is -2.15. The Balaban J connectivity index is 2.27. The summed E-state index contributed by atoms with van der Waals surface area (Å²) in [6.45, 7) is 0. The fourth-order valence-corrected chi connectivity index (χ4v) is 1.65. The largest absolute Gasteiger partial charge is 0.478 e. The van der Waals surface area contributed by atoms with E-state index in [-0.39, 0.29) is 16.9 Å². The minimum absolute atomic E-state index is 0.0119. The van der Waals surface area contributed by atoms with Gasteiger partial charge >= 0.3 is 5.97 Å². The second kappa shape index (κ2) is 5.49. The molecule has 1 heterocycles. The van der Waals surface area contributed by atoms with E-state index in [1.807, 2.05) is 0 Å². The monoisotopic (exact) mass is 276 g/mol. The van der Waals surface area contributed by atoms with E-state index in [1.54, 1.807) is 18.2 Å². The van der Waals surface area contributed by atoms with Crippen LogP contribution in [0.2, 0.25) is 5.02 Å². The molecule has 0 aliphatic rings. The van der Waals surface area contributed by atoms with Crippen LogP contribution in [0.15, 0.2) is 42.6 Å². The summed E-state index contributed by atoms with van der Waals surface area (Å²) in [6.07, 6.45) is 1.40. The fourth-order valence-electron chi connectivity index (χ4n) is 1.49. The number of hydrogen-bond donors (Lipinski definition) is 2. The molecule has 5 nitrogen and oxygen atoms in total. The van der Waals surface area contributed by atoms with Gasteiger partial charge in [0.1, 0.15) is 5.69 Å². The molecule has 0 spiro atoms. The summed E-state index contributed by atoms with van der Waals surface area (Å²) in [4.78, 5) is 26.8. The maximum absolute atomic E-state index is 11.9. The van der Waals surface area contributed by atoms with E-state index in [4.69, 9.17) is 16.7 Å². The Morgan fingerprint density at radius 2 is 1.95 bits per heavy atom. The minimum atomic E-state index is -1.12. The first kappa shape index (κ1) is 13.0. The third-order valence-corrected chi connectivity index (χ3v) is 2.60. The Labute approximate surface area is 113 Å². The average molecular weight is 277 g/mol. The molecule has 0 aliphatic heterocycles. The molecule has 96 valence electrons. The smallest absolute Gasteiger partial charge is 0.337 e. The number of nitrogens with zero attached hydrogens (tertiary/aromatic N) is 1. The molecule has 2 rings (SSSR count). The fraction of sp³-hybridized carbons (Fsp3) is 0. The molecule has 0 fully saturated rings. The van der Waals surface area contributed by atoms with E-state index in [0.29, 0.717) is 5.02 Å². The molecule has 1 aromatic heterocycles. The first-order valence-corrected chi connectivity index (χ1v) is 5.71. The van der Waals surface area contributed by atoms with Gasteiger partial charge in [-0.1, -0.05) is 23.7 Å². The molecule has 0 saturated carbocycles. The van der Waals surface area contributed by atoms with Crippen LogP contribution in [0, 0.1) is 0 Å². The zero-order valence-corrected chi connectivity index (χ0v) is 10.4. The molecule has 0 unspecified atom stereocenters. The number of para-hydroxylation sites is 1. The second-order valence-corrected chi connectivity index (χ2v) is 4.10. The van der Waals surface area contributed by atoms with Crippen molar-refractivity contribution < 1.29 is 14.7 Å². The SMILES string of the molecule is O=C(Nc1ccccc1C(=O)O)c1cc(Cl)ccn1. The molecule has 2 aromatic rings. The first-order valence-electron chi connectivity index (χ1n) is 5.33. The predicted octanol–water partition coefficient (Wildman–Crippen LogP) is 2.69. The molecule has 2 N–H and O–H groups in total. The van der Waals surface area contributed by atoms with Gasteiger partial charge in [-0.05, 0) is 24.3 Å². The third kappa shape index (κ3) is 3.08. The van der Waals surface area contributed by atoms with Crippen LogP contribution < -0.4 is 5.32 Å². The number of anilines is 1. The molecular weight excluding hydrogens is 268 g/mol. The van der Waals surface area contributed by atoms with Crippen LogP contribution in [0.1, 0.15) is 20.8 Å². The molecule has 0 saturated heterocycles. The van der Waals surface area contributed by atoms with E-state index >= 15 is 0 Å². The number of amides is 1. The van der Waals surface area contributed by atoms with Crippen molar-refractivity contribution in [3.05, 3.63) is 58.9 Å². The van der Waals surface area contributed by atoms with E-state index < -0.39 is 11.9 Å². The zero-order chi connectivity index (χ0) is 13.8. The quantitative estimate of drug-likeness (QED) is 0.903. The van der Waals surface area contributed by atoms with Crippen molar-refractivity contribution >= 4 is 29.2 Å². The van der Waals surface area contributed by atoms with Gasteiger partial charge in [0, 0.05) is 11.2 Å². The Morgan fingerprint density at radius 3 is 2.63 bits per heavy atom. The number of carbonyl (C=O) groups is 2. The highest BCUT2D eigenvalue weighted by Gasteiger charge is 2.13. The number of aromatic carboxylic acids is 1. The van der Waals surface area contributed by atoms with Gasteiger partial charge in [-0.15, -0.1) is 0 Å². The Bertz CT molecular complexity index is 643. The standard InChI is InChI=1S/C13H9ClN2O3/c14-8-5-6-15-11(7-8)12(17)16-10-4-2-1-3-9(10)13(18)19/h1-7H,(H,16,17)(H,18,19). The molecule has 1 amide bonds. The van der Waals surface area contributed by atoms with Crippen LogP contribution in [0.3, 0.4) is 0 Å². The summed E-state index contributed by atoms with van der Waals surface area (Å²) in [5.74, 6) is -1.63. The minimum Gasteiger partial charge on any atom is -0.478 e. The summed E-state index contributed by atoms with van der Waals surface area (Å²) in [5, 5.41) is 11.9. The maximum atomic E-state index is 11.9. The number of halogens is 1. The summed E-state index contributed by atoms with van der Waals surface area (Å²) < 4.78 is 0. The van der Waals surface area contributed by atoms with Crippen LogP contribution in [0.25, 0.3) is 0 Å². The van der Waals surface area contributed by atoms with Crippen molar-refractivity contribution in [2.45, 2.75) is 0 Å². The summed E-state index contributed by atoms with van der Waals surface area (Å²) in [7, 11) is 0. The van der Waals surface area contributed by atoms with Crippen molar-refractivity contribution in [1.82, 2.24) is 4.98 Å². The van der Waals surface area contributed by atoms with Crippen LogP contribution in [-0.2, 0) is 0 Å². The van der Waals surface area contributed by atoms with E-state index in [9.17, 15) is 9.59 Å². The number of hydrogen-bond acceptors (Lipinski definition) is 3. The van der Waals surface area contributed by atoms with Gasteiger partial charge in [0.2, 0.25) is 0 Å². The second-order valence-electron chi connectivity index (χ2n) is 3.66. The van der Waals surface area contributed by atoms with Crippen molar-refractivity contribution in [2.24, 2.45) is 0 Å². The average Bonchev–Trinajstić information content (AvgIpc) is 2.39. The number of carboxylic acids is 1. The van der Waals surface area contributed by atoms with Gasteiger partial charge in [-0.25, -0.2) is 4.79 Å². The van der Waals surface area contributed by atoms with Gasteiger partial charge < -0.3 is 10.4 Å². The molecular formula is C13H9ClN2O3. The van der Waals surface area contributed by atoms with Crippen LogP contribution in [0.5, 0.6) is 0 Å². The van der Waals surface area contributed by atoms with E-state index in [1.165, 1.54) is 24.4 Å². The van der Waals surface area contributed by atoms with Crippen molar-refractivity contribution in [1.29, 1.82) is 0 Å². The predicted molar refractivity (Wildman–Crippen MR) is 70.6 cm³/mol. The number of aromatic nitrogens is 1. The van der Waals surface area contributed by atoms with Gasteiger partial charge in [0.25, 0.3) is 5.91 Å². The summed E-state index contributed by atoms with van der Waals surface area (Å²) in [6, 6.07) is 9.07. The van der Waals surface area contributed by atoms with Crippen molar-refractivity contribution in [2.75, 3.05) is 5.32 Å². The van der Waals surface area contributed by atoms with Crippen molar-refractivity contribution in [3.8, 4) is 0 Å². The molecule has 19 heavy (non-hydrogen) atoms. The molecule has 0 bridgehead atoms. The van der Waals surface area contributed by atoms with Crippen LogP contribution in [0.4, 0.5) is 5.69 Å². The summed E-state index contributed by atoms with van der Waals surface area (Å²) >= 11 is 5.76. The number of pyridine rings is 1. The highest BCUT2D eigenvalue weighted by molar-refractivity contribution is 6.31. The molecule has 6 heteroatoms. The first-order chi connectivity index (χ1) is 9.08. The number of rotatable bonds is 3. The highest BCUT2D eigenvalue weighted by Crippen LogP contribution is 2.16. The topological polar surface area (TPSA) is 79.3 Å². The van der Waals surface area contributed by atoms with Crippen molar-refractivity contribution in [3.63, 3.8) is 0 Å². The lowest BCUT2D eigenvalue weighted by molar-refractivity contribution is 0.0698. The number of benzene rings is 1. The maximum Gasteiger partial charge on any atom is 0.337 e. The Kier molecular flexibility index (Phi) is 3.77. The van der Waals surface area contributed by atoms with E-state index in [2.05, 4.69) is 10.3 Å². The third-order valence-electron chi connectivity index (χ3n) is 2.36. The lowest BCUT2D eigenvalue weighted by Gasteiger charge is -2.07. The van der Waals surface area contributed by atoms with Gasteiger partial charge in [-0.2, -0.15) is 0 Å². The van der Waals surface area contributed by atoms with Crippen LogP contribution in [-0.4, -0.2) is 22.0 Å². The van der Waals surface area contributed by atoms with Gasteiger partial charge in [-0.3, -0.25) is 9.78 Å². The Hall–Kier alpha value is -2.40. The number of nitrogens with one attached hydrogen (secondary N) is 1.